The van der Waals surface area contributed by atoms with Gasteiger partial charge in [-0.2, -0.15) is 0 Å². The smallest absolute Gasteiger partial charge is 0.0553 e. The number of pyridine rings is 1. The zero-order valence-corrected chi connectivity index (χ0v) is 8.19. The molecule has 0 aliphatic heterocycles. The maximum atomic E-state index is 9.52. The number of hydrogen-bond acceptors (Lipinski definition) is 2. The van der Waals surface area contributed by atoms with Gasteiger partial charge in [0, 0.05) is 18.3 Å². The minimum Gasteiger partial charge on any atom is -0.393 e. The molecule has 2 heteroatoms. The Morgan fingerprint density at radius 1 is 1.43 bits per heavy atom. The number of hydrogen-bond donors (Lipinski definition) is 1. The van der Waals surface area contributed by atoms with Crippen molar-refractivity contribution in [3.05, 3.63) is 30.1 Å². The van der Waals surface area contributed by atoms with Crippen molar-refractivity contribution in [1.82, 2.24) is 4.98 Å². The molecule has 0 amide bonds. The predicted molar refractivity (Wildman–Crippen MR) is 56.6 cm³/mol. The third-order valence-corrected chi connectivity index (χ3v) is 2.08. The molecule has 2 nitrogen and oxygen atoms in total. The van der Waals surface area contributed by atoms with E-state index >= 15 is 0 Å². The van der Waals surface area contributed by atoms with Gasteiger partial charge in [-0.25, -0.2) is 0 Å². The van der Waals surface area contributed by atoms with Crippen molar-refractivity contribution in [1.29, 1.82) is 0 Å². The van der Waals surface area contributed by atoms with Gasteiger partial charge in [-0.1, -0.05) is 6.07 Å². The van der Waals surface area contributed by atoms with Gasteiger partial charge in [0.25, 0.3) is 0 Å². The zero-order chi connectivity index (χ0) is 10.2. The lowest BCUT2D eigenvalue weighted by atomic mass is 10.1. The second-order valence-electron chi connectivity index (χ2n) is 3.26. The van der Waals surface area contributed by atoms with Gasteiger partial charge in [-0.15, -0.1) is 12.3 Å². The molecule has 1 unspecified atom stereocenters. The van der Waals surface area contributed by atoms with Crippen LogP contribution in [0.1, 0.15) is 25.0 Å². The molecule has 74 valence electrons. The Hall–Kier alpha value is -1.33. The van der Waals surface area contributed by atoms with Crippen LogP contribution >= 0.6 is 0 Å². The number of aliphatic hydroxyl groups is 1. The van der Waals surface area contributed by atoms with Crippen molar-refractivity contribution < 1.29 is 5.11 Å². The summed E-state index contributed by atoms with van der Waals surface area (Å²) in [5.41, 5.74) is 1.02. The Morgan fingerprint density at radius 3 is 2.93 bits per heavy atom. The molecular formula is C12H15NO. The Balaban J connectivity index is 2.24. The van der Waals surface area contributed by atoms with Crippen molar-refractivity contribution in [2.45, 2.75) is 31.8 Å². The minimum atomic E-state index is -0.298. The summed E-state index contributed by atoms with van der Waals surface area (Å²) in [5.74, 6) is 2.52. The normalized spacial score (nSPS) is 12.0. The largest absolute Gasteiger partial charge is 0.393 e. The first-order chi connectivity index (χ1) is 6.83. The van der Waals surface area contributed by atoms with Gasteiger partial charge in [0.05, 0.1) is 6.10 Å². The molecule has 0 fully saturated rings. The van der Waals surface area contributed by atoms with E-state index in [2.05, 4.69) is 10.9 Å². The Labute approximate surface area is 85.0 Å². The van der Waals surface area contributed by atoms with Crippen LogP contribution in [0.5, 0.6) is 0 Å². The van der Waals surface area contributed by atoms with Crippen LogP contribution in [-0.4, -0.2) is 16.2 Å². The SMILES string of the molecule is C#CCCC(O)CCc1ccccn1. The number of terminal acetylenes is 1. The topological polar surface area (TPSA) is 33.1 Å². The van der Waals surface area contributed by atoms with E-state index in [9.17, 15) is 5.11 Å². The van der Waals surface area contributed by atoms with E-state index in [1.807, 2.05) is 18.2 Å². The predicted octanol–water partition coefficient (Wildman–Crippen LogP) is 1.79. The molecule has 0 spiro atoms. The average molecular weight is 189 g/mol. The lowest BCUT2D eigenvalue weighted by molar-refractivity contribution is 0.156. The summed E-state index contributed by atoms with van der Waals surface area (Å²) in [7, 11) is 0. The molecule has 1 heterocycles. The Bertz CT molecular complexity index is 289. The highest BCUT2D eigenvalue weighted by Gasteiger charge is 2.03. The van der Waals surface area contributed by atoms with Crippen LogP contribution in [-0.2, 0) is 6.42 Å². The van der Waals surface area contributed by atoms with Crippen LogP contribution in [0, 0.1) is 12.3 Å². The Morgan fingerprint density at radius 2 is 2.29 bits per heavy atom. The van der Waals surface area contributed by atoms with Crippen molar-refractivity contribution in [3.8, 4) is 12.3 Å². The average Bonchev–Trinajstić information content (AvgIpc) is 2.25. The van der Waals surface area contributed by atoms with E-state index in [1.54, 1.807) is 6.20 Å². The van der Waals surface area contributed by atoms with Crippen molar-refractivity contribution in [3.63, 3.8) is 0 Å². The number of rotatable bonds is 5. The van der Waals surface area contributed by atoms with Crippen LogP contribution in [0.25, 0.3) is 0 Å². The molecule has 0 saturated carbocycles. The summed E-state index contributed by atoms with van der Waals surface area (Å²) in [4.78, 5) is 4.18. The second-order valence-corrected chi connectivity index (χ2v) is 3.26. The molecule has 1 aromatic heterocycles. The molecule has 0 aliphatic rings. The highest BCUT2D eigenvalue weighted by molar-refractivity contribution is 5.03. The summed E-state index contributed by atoms with van der Waals surface area (Å²) in [6, 6.07) is 5.81. The molecule has 0 saturated heterocycles. The summed E-state index contributed by atoms with van der Waals surface area (Å²) in [6.45, 7) is 0. The monoisotopic (exact) mass is 189 g/mol. The zero-order valence-electron chi connectivity index (χ0n) is 8.19. The lowest BCUT2D eigenvalue weighted by Crippen LogP contribution is -2.07. The van der Waals surface area contributed by atoms with Gasteiger partial charge in [0.15, 0.2) is 0 Å². The van der Waals surface area contributed by atoms with Crippen LogP contribution in [0.2, 0.25) is 0 Å². The summed E-state index contributed by atoms with van der Waals surface area (Å²) >= 11 is 0. The standard InChI is InChI=1S/C12H15NO/c1-2-3-7-12(14)9-8-11-6-4-5-10-13-11/h1,4-6,10,12,14H,3,7-9H2. The lowest BCUT2D eigenvalue weighted by Gasteiger charge is -2.07. The van der Waals surface area contributed by atoms with Crippen LogP contribution < -0.4 is 0 Å². The van der Waals surface area contributed by atoms with Crippen LogP contribution in [0.4, 0.5) is 0 Å². The molecule has 1 aromatic rings. The van der Waals surface area contributed by atoms with Crippen LogP contribution in [0.15, 0.2) is 24.4 Å². The van der Waals surface area contributed by atoms with Gasteiger partial charge in [0.2, 0.25) is 0 Å². The highest BCUT2D eigenvalue weighted by atomic mass is 16.3. The first-order valence-electron chi connectivity index (χ1n) is 4.84. The molecule has 14 heavy (non-hydrogen) atoms. The van der Waals surface area contributed by atoms with Crippen molar-refractivity contribution in [2.75, 3.05) is 0 Å². The highest BCUT2D eigenvalue weighted by Crippen LogP contribution is 2.06. The van der Waals surface area contributed by atoms with Gasteiger partial charge < -0.3 is 5.11 Å². The first kappa shape index (κ1) is 10.7. The fourth-order valence-electron chi connectivity index (χ4n) is 1.25. The van der Waals surface area contributed by atoms with E-state index in [-0.39, 0.29) is 6.10 Å². The maximum Gasteiger partial charge on any atom is 0.0553 e. The van der Waals surface area contributed by atoms with Gasteiger partial charge in [-0.3, -0.25) is 4.98 Å². The fraction of sp³-hybridized carbons (Fsp3) is 0.417. The van der Waals surface area contributed by atoms with Gasteiger partial charge >= 0.3 is 0 Å². The molecule has 1 rings (SSSR count). The first-order valence-corrected chi connectivity index (χ1v) is 4.84. The second kappa shape index (κ2) is 6.17. The Kier molecular flexibility index (Phi) is 4.74. The van der Waals surface area contributed by atoms with E-state index in [0.29, 0.717) is 12.8 Å². The molecule has 0 aromatic carbocycles. The van der Waals surface area contributed by atoms with Crippen molar-refractivity contribution >= 4 is 0 Å². The molecule has 1 N–H and O–H groups in total. The van der Waals surface area contributed by atoms with E-state index in [1.165, 1.54) is 0 Å². The molecule has 0 aliphatic carbocycles. The number of aromatic nitrogens is 1. The van der Waals surface area contributed by atoms with E-state index in [4.69, 9.17) is 6.42 Å². The third-order valence-electron chi connectivity index (χ3n) is 2.08. The van der Waals surface area contributed by atoms with Gasteiger partial charge in [-0.05, 0) is 31.4 Å². The summed E-state index contributed by atoms with van der Waals surface area (Å²) in [6.07, 6.45) is 9.45. The van der Waals surface area contributed by atoms with E-state index in [0.717, 1.165) is 18.5 Å². The summed E-state index contributed by atoms with van der Waals surface area (Å²) < 4.78 is 0. The molecular weight excluding hydrogens is 174 g/mol. The number of aliphatic hydroxyl groups excluding tert-OH is 1. The summed E-state index contributed by atoms with van der Waals surface area (Å²) in [5, 5.41) is 9.52. The number of nitrogens with zero attached hydrogens (tertiary/aromatic N) is 1. The number of aryl methyl sites for hydroxylation is 1. The molecule has 0 radical (unpaired) electrons. The van der Waals surface area contributed by atoms with Crippen LogP contribution in [0.3, 0.4) is 0 Å². The van der Waals surface area contributed by atoms with Gasteiger partial charge in [0.1, 0.15) is 0 Å². The fourth-order valence-corrected chi connectivity index (χ4v) is 1.25. The quantitative estimate of drug-likeness (QED) is 0.716. The van der Waals surface area contributed by atoms with Crippen molar-refractivity contribution in [2.24, 2.45) is 0 Å². The minimum absolute atomic E-state index is 0.298. The maximum absolute atomic E-state index is 9.52. The van der Waals surface area contributed by atoms with E-state index < -0.39 is 0 Å². The third kappa shape index (κ3) is 4.06. The molecule has 1 atom stereocenters. The molecule has 0 bridgehead atoms.